The molecule has 0 radical (unpaired) electrons. The van der Waals surface area contributed by atoms with Gasteiger partial charge in [-0.2, -0.15) is 0 Å². The number of para-hydroxylation sites is 1. The highest BCUT2D eigenvalue weighted by Crippen LogP contribution is 2.37. The normalized spacial score (nSPS) is 21.3. The molecule has 2 N–H and O–H groups in total. The Morgan fingerprint density at radius 2 is 2.11 bits per heavy atom. The lowest BCUT2D eigenvalue weighted by Crippen LogP contribution is -2.59. The molecule has 1 saturated carbocycles. The predicted molar refractivity (Wildman–Crippen MR) is 106 cm³/mol. The second kappa shape index (κ2) is 6.80. The van der Waals surface area contributed by atoms with Gasteiger partial charge in [0.1, 0.15) is 5.75 Å². The maximum Gasteiger partial charge on any atom is 0.186 e. The van der Waals surface area contributed by atoms with Crippen molar-refractivity contribution in [1.29, 1.82) is 0 Å². The predicted octanol–water partition coefficient (Wildman–Crippen LogP) is 2.69. The van der Waals surface area contributed by atoms with Gasteiger partial charge in [0.2, 0.25) is 0 Å². The van der Waals surface area contributed by atoms with Crippen molar-refractivity contribution in [3.63, 3.8) is 0 Å². The molecule has 2 aliphatic heterocycles. The third-order valence-electron chi connectivity index (χ3n) is 6.58. The van der Waals surface area contributed by atoms with Crippen LogP contribution >= 0.6 is 0 Å². The summed E-state index contributed by atoms with van der Waals surface area (Å²) >= 11 is 0. The van der Waals surface area contributed by atoms with Crippen LogP contribution in [0.25, 0.3) is 11.3 Å². The van der Waals surface area contributed by atoms with Crippen LogP contribution < -0.4 is 15.5 Å². The van der Waals surface area contributed by atoms with Crippen molar-refractivity contribution in [3.8, 4) is 17.0 Å². The SMILES string of the molecule is O=c1cc(-c2cccc3c2OCC3)[nH]cc1CN1CCNCC12CCCC2. The molecule has 27 heavy (non-hydrogen) atoms. The molecule has 1 aromatic carbocycles. The summed E-state index contributed by atoms with van der Waals surface area (Å²) in [6, 6.07) is 7.92. The lowest BCUT2D eigenvalue weighted by atomic mass is 9.92. The molecule has 1 aliphatic carbocycles. The number of nitrogens with one attached hydrogen (secondary N) is 2. The Bertz CT molecular complexity index is 899. The van der Waals surface area contributed by atoms with E-state index in [-0.39, 0.29) is 11.0 Å². The van der Waals surface area contributed by atoms with E-state index in [2.05, 4.69) is 21.3 Å². The molecular formula is C22H27N3O2. The smallest absolute Gasteiger partial charge is 0.186 e. The third kappa shape index (κ3) is 2.99. The number of hydrogen-bond acceptors (Lipinski definition) is 4. The van der Waals surface area contributed by atoms with Crippen molar-refractivity contribution in [2.24, 2.45) is 0 Å². The monoisotopic (exact) mass is 365 g/mol. The van der Waals surface area contributed by atoms with E-state index in [1.165, 1.54) is 31.2 Å². The topological polar surface area (TPSA) is 57.4 Å². The number of piperazine rings is 1. The molecule has 5 rings (SSSR count). The zero-order chi connectivity index (χ0) is 18.3. The van der Waals surface area contributed by atoms with Crippen molar-refractivity contribution in [2.45, 2.75) is 44.2 Å². The zero-order valence-electron chi connectivity index (χ0n) is 15.7. The number of benzene rings is 1. The molecular weight excluding hydrogens is 338 g/mol. The van der Waals surface area contributed by atoms with Gasteiger partial charge in [-0.3, -0.25) is 9.69 Å². The summed E-state index contributed by atoms with van der Waals surface area (Å²) in [6.07, 6.45) is 7.93. The molecule has 1 saturated heterocycles. The fourth-order valence-electron chi connectivity index (χ4n) is 5.07. The highest BCUT2D eigenvalue weighted by atomic mass is 16.5. The maximum absolute atomic E-state index is 12.9. The van der Waals surface area contributed by atoms with E-state index in [1.807, 2.05) is 18.3 Å². The number of hydrogen-bond donors (Lipinski definition) is 2. The van der Waals surface area contributed by atoms with E-state index >= 15 is 0 Å². The van der Waals surface area contributed by atoms with Crippen LogP contribution in [0.2, 0.25) is 0 Å². The van der Waals surface area contributed by atoms with Crippen LogP contribution in [-0.4, -0.2) is 41.7 Å². The number of rotatable bonds is 3. The van der Waals surface area contributed by atoms with E-state index < -0.39 is 0 Å². The van der Waals surface area contributed by atoms with Crippen LogP contribution in [0, 0.1) is 0 Å². The molecule has 3 aliphatic rings. The van der Waals surface area contributed by atoms with Crippen LogP contribution in [0.5, 0.6) is 5.75 Å². The van der Waals surface area contributed by atoms with Crippen LogP contribution in [-0.2, 0) is 13.0 Å². The number of H-pyrrole nitrogens is 1. The number of nitrogens with zero attached hydrogens (tertiary/aromatic N) is 1. The number of aromatic amines is 1. The molecule has 5 heteroatoms. The molecule has 2 aromatic rings. The number of aromatic nitrogens is 1. The minimum Gasteiger partial charge on any atom is -0.492 e. The van der Waals surface area contributed by atoms with E-state index in [0.29, 0.717) is 0 Å². The summed E-state index contributed by atoms with van der Waals surface area (Å²) in [5.41, 5.74) is 4.28. The molecule has 0 unspecified atom stereocenters. The Labute approximate surface area is 159 Å². The maximum atomic E-state index is 12.9. The average Bonchev–Trinajstić information content (AvgIpc) is 3.35. The van der Waals surface area contributed by atoms with Gasteiger partial charge in [0.25, 0.3) is 0 Å². The van der Waals surface area contributed by atoms with Crippen molar-refractivity contribution < 1.29 is 4.74 Å². The molecule has 1 aromatic heterocycles. The summed E-state index contributed by atoms with van der Waals surface area (Å²) in [7, 11) is 0. The second-order valence-corrected chi connectivity index (χ2v) is 8.16. The first-order chi connectivity index (χ1) is 13.3. The standard InChI is InChI=1S/C22H27N3O2/c26-20-12-19(18-5-3-4-16-6-11-27-21(16)18)24-13-17(20)14-25-10-9-23-15-22(25)7-1-2-8-22/h3-5,12-13,23H,1-2,6-11,14-15H2,(H,24,26). The largest absolute Gasteiger partial charge is 0.492 e. The van der Waals surface area contributed by atoms with Gasteiger partial charge >= 0.3 is 0 Å². The van der Waals surface area contributed by atoms with E-state index in [9.17, 15) is 4.79 Å². The molecule has 3 heterocycles. The molecule has 1 spiro atoms. The fourth-order valence-corrected chi connectivity index (χ4v) is 5.07. The van der Waals surface area contributed by atoms with Gasteiger partial charge < -0.3 is 15.0 Å². The first-order valence-corrected chi connectivity index (χ1v) is 10.2. The van der Waals surface area contributed by atoms with Gasteiger partial charge in [0.05, 0.1) is 12.3 Å². The lowest BCUT2D eigenvalue weighted by molar-refractivity contribution is 0.0569. The van der Waals surface area contributed by atoms with Gasteiger partial charge in [-0.25, -0.2) is 0 Å². The van der Waals surface area contributed by atoms with Crippen molar-refractivity contribution in [3.05, 3.63) is 51.8 Å². The Morgan fingerprint density at radius 3 is 2.96 bits per heavy atom. The van der Waals surface area contributed by atoms with Gasteiger partial charge in [-0.05, 0) is 24.5 Å². The van der Waals surface area contributed by atoms with E-state index in [1.54, 1.807) is 6.07 Å². The molecule has 2 fully saturated rings. The minimum absolute atomic E-state index is 0.117. The van der Waals surface area contributed by atoms with Crippen LogP contribution in [0.15, 0.2) is 35.3 Å². The molecule has 142 valence electrons. The first-order valence-electron chi connectivity index (χ1n) is 10.2. The summed E-state index contributed by atoms with van der Waals surface area (Å²) in [6.45, 7) is 4.53. The molecule has 0 amide bonds. The minimum atomic E-state index is 0.117. The summed E-state index contributed by atoms with van der Waals surface area (Å²) < 4.78 is 5.80. The second-order valence-electron chi connectivity index (χ2n) is 8.16. The average molecular weight is 365 g/mol. The van der Waals surface area contributed by atoms with E-state index in [4.69, 9.17) is 4.74 Å². The van der Waals surface area contributed by atoms with Crippen molar-refractivity contribution in [1.82, 2.24) is 15.2 Å². The van der Waals surface area contributed by atoms with Gasteiger partial charge in [0, 0.05) is 61.5 Å². The zero-order valence-corrected chi connectivity index (χ0v) is 15.7. The quantitative estimate of drug-likeness (QED) is 0.878. The van der Waals surface area contributed by atoms with Crippen LogP contribution in [0.1, 0.15) is 36.8 Å². The van der Waals surface area contributed by atoms with Crippen molar-refractivity contribution in [2.75, 3.05) is 26.2 Å². The summed E-state index contributed by atoms with van der Waals surface area (Å²) in [5.74, 6) is 0.924. The van der Waals surface area contributed by atoms with Crippen LogP contribution in [0.4, 0.5) is 0 Å². The third-order valence-corrected chi connectivity index (χ3v) is 6.58. The van der Waals surface area contributed by atoms with E-state index in [0.717, 1.165) is 61.8 Å². The van der Waals surface area contributed by atoms with Crippen LogP contribution in [0.3, 0.4) is 0 Å². The molecule has 5 nitrogen and oxygen atoms in total. The first kappa shape index (κ1) is 17.0. The Balaban J connectivity index is 1.42. The number of fused-ring (bicyclic) bond motifs is 1. The molecule has 0 bridgehead atoms. The molecule has 0 atom stereocenters. The highest BCUT2D eigenvalue weighted by Gasteiger charge is 2.41. The Kier molecular flexibility index (Phi) is 4.29. The Morgan fingerprint density at radius 1 is 1.22 bits per heavy atom. The highest BCUT2D eigenvalue weighted by molar-refractivity contribution is 5.70. The lowest BCUT2D eigenvalue weighted by Gasteiger charge is -2.45. The summed E-state index contributed by atoms with van der Waals surface area (Å²) in [5, 5.41) is 3.56. The fraction of sp³-hybridized carbons (Fsp3) is 0.500. The number of ether oxygens (including phenoxy) is 1. The van der Waals surface area contributed by atoms with Gasteiger partial charge in [0.15, 0.2) is 5.43 Å². The summed E-state index contributed by atoms with van der Waals surface area (Å²) in [4.78, 5) is 18.8. The van der Waals surface area contributed by atoms with Gasteiger partial charge in [-0.15, -0.1) is 0 Å². The number of pyridine rings is 1. The van der Waals surface area contributed by atoms with Crippen molar-refractivity contribution >= 4 is 0 Å². The van der Waals surface area contributed by atoms with Gasteiger partial charge in [-0.1, -0.05) is 25.0 Å². The Hall–Kier alpha value is -2.11.